The highest BCUT2D eigenvalue weighted by molar-refractivity contribution is 7.09. The first-order valence-electron chi connectivity index (χ1n) is 6.95. The monoisotopic (exact) mass is 315 g/mol. The Morgan fingerprint density at radius 2 is 2.20 bits per heavy atom. The van der Waals surface area contributed by atoms with Crippen molar-refractivity contribution < 1.29 is 4.79 Å². The molecule has 1 saturated heterocycles. The van der Waals surface area contributed by atoms with Crippen molar-refractivity contribution in [2.75, 3.05) is 26.7 Å². The number of aryl methyl sites for hydroxylation is 1. The molecule has 0 aromatic carbocycles. The summed E-state index contributed by atoms with van der Waals surface area (Å²) in [6.07, 6.45) is 1.98. The fourth-order valence-electron chi connectivity index (χ4n) is 2.59. The van der Waals surface area contributed by atoms with Crippen LogP contribution in [0, 0.1) is 0 Å². The highest BCUT2D eigenvalue weighted by Gasteiger charge is 2.39. The number of hydrogen-bond acceptors (Lipinski definition) is 4. The molecule has 2 rings (SSSR count). The predicted molar refractivity (Wildman–Crippen MR) is 83.3 cm³/mol. The first-order chi connectivity index (χ1) is 9.45. The van der Waals surface area contributed by atoms with Crippen molar-refractivity contribution in [1.82, 2.24) is 14.8 Å². The predicted octanol–water partition coefficient (Wildman–Crippen LogP) is 2.37. The Morgan fingerprint density at radius 3 is 2.85 bits per heavy atom. The van der Waals surface area contributed by atoms with E-state index in [1.165, 1.54) is 0 Å². The number of amides is 1. The number of carbonyl (C=O) groups is 1. The van der Waals surface area contributed by atoms with Gasteiger partial charge in [-0.15, -0.1) is 22.9 Å². The second-order valence-corrected chi connectivity index (χ2v) is 6.95. The zero-order chi connectivity index (χ0) is 14.8. The van der Waals surface area contributed by atoms with Gasteiger partial charge in [0, 0.05) is 31.9 Å². The van der Waals surface area contributed by atoms with Crippen molar-refractivity contribution in [3.8, 4) is 0 Å². The molecule has 0 unspecified atom stereocenters. The van der Waals surface area contributed by atoms with E-state index in [1.54, 1.807) is 11.3 Å². The van der Waals surface area contributed by atoms with Gasteiger partial charge in [-0.1, -0.05) is 0 Å². The smallest absolute Gasteiger partial charge is 0.242 e. The number of nitrogens with zero attached hydrogens (tertiary/aromatic N) is 3. The third-order valence-corrected chi connectivity index (χ3v) is 5.15. The van der Waals surface area contributed by atoms with Gasteiger partial charge < -0.3 is 4.90 Å². The van der Waals surface area contributed by atoms with Crippen LogP contribution >= 0.6 is 22.9 Å². The number of likely N-dealkylation sites (N-methyl/N-ethyl adjacent to an activating group) is 1. The normalized spacial score (nSPS) is 19.6. The van der Waals surface area contributed by atoms with Crippen LogP contribution in [0.3, 0.4) is 0 Å². The highest BCUT2D eigenvalue weighted by atomic mass is 35.5. The molecule has 0 atom stereocenters. The summed E-state index contributed by atoms with van der Waals surface area (Å²) < 4.78 is 0. The Kier molecular flexibility index (Phi) is 5.04. The van der Waals surface area contributed by atoms with Gasteiger partial charge in [-0.2, -0.15) is 0 Å². The zero-order valence-corrected chi connectivity index (χ0v) is 13.9. The highest BCUT2D eigenvalue weighted by Crippen LogP contribution is 2.22. The number of alkyl halides is 1. The summed E-state index contributed by atoms with van der Waals surface area (Å²) in [5.74, 6) is 0.693. The van der Waals surface area contributed by atoms with E-state index in [9.17, 15) is 4.79 Å². The van der Waals surface area contributed by atoms with Crippen molar-refractivity contribution >= 4 is 28.8 Å². The fourth-order valence-corrected chi connectivity index (χ4v) is 3.66. The molecule has 1 fully saturated rings. The Hall–Kier alpha value is -0.650. The van der Waals surface area contributed by atoms with E-state index in [0.717, 1.165) is 43.2 Å². The minimum absolute atomic E-state index is 0.211. The summed E-state index contributed by atoms with van der Waals surface area (Å²) >= 11 is 7.43. The summed E-state index contributed by atoms with van der Waals surface area (Å²) in [6.45, 7) is 6.72. The molecule has 0 saturated carbocycles. The second-order valence-electron chi connectivity index (χ2n) is 5.74. The third-order valence-electron chi connectivity index (χ3n) is 3.92. The third kappa shape index (κ3) is 3.32. The van der Waals surface area contributed by atoms with Gasteiger partial charge in [-0.3, -0.25) is 9.69 Å². The molecule has 20 heavy (non-hydrogen) atoms. The molecule has 0 N–H and O–H groups in total. The summed E-state index contributed by atoms with van der Waals surface area (Å²) in [4.78, 5) is 20.8. The molecule has 112 valence electrons. The molecule has 0 aliphatic carbocycles. The van der Waals surface area contributed by atoms with Crippen LogP contribution in [0.25, 0.3) is 0 Å². The van der Waals surface area contributed by atoms with Gasteiger partial charge in [0.2, 0.25) is 5.91 Å². The molecule has 1 aliphatic heterocycles. The van der Waals surface area contributed by atoms with E-state index in [1.807, 2.05) is 31.2 Å². The minimum Gasteiger partial charge on any atom is -0.343 e. The maximum absolute atomic E-state index is 12.2. The molecule has 1 aromatic rings. The zero-order valence-electron chi connectivity index (χ0n) is 12.4. The summed E-state index contributed by atoms with van der Waals surface area (Å²) in [5.41, 5.74) is 0.568. The first-order valence-corrected chi connectivity index (χ1v) is 8.36. The van der Waals surface area contributed by atoms with Crippen molar-refractivity contribution in [3.05, 3.63) is 16.1 Å². The molecular formula is C14H22ClN3OS. The second kappa shape index (κ2) is 6.41. The largest absolute Gasteiger partial charge is 0.343 e. The van der Waals surface area contributed by atoms with Crippen LogP contribution in [-0.2, 0) is 17.1 Å². The molecule has 1 amide bonds. The van der Waals surface area contributed by atoms with Crippen LogP contribution in [0.5, 0.6) is 0 Å². The van der Waals surface area contributed by atoms with E-state index in [2.05, 4.69) is 9.88 Å². The van der Waals surface area contributed by atoms with E-state index in [4.69, 9.17) is 11.6 Å². The number of thiazole rings is 1. The summed E-state index contributed by atoms with van der Waals surface area (Å²) in [7, 11) is 1.88. The van der Waals surface area contributed by atoms with E-state index >= 15 is 0 Å². The van der Waals surface area contributed by atoms with Gasteiger partial charge in [0.15, 0.2) is 0 Å². The average Bonchev–Trinajstić information content (AvgIpc) is 2.87. The molecule has 2 heterocycles. The number of carbonyl (C=O) groups excluding carboxylic acids is 1. The van der Waals surface area contributed by atoms with Crippen LogP contribution in [-0.4, -0.2) is 52.9 Å². The van der Waals surface area contributed by atoms with Crippen molar-refractivity contribution in [2.45, 2.75) is 38.1 Å². The fraction of sp³-hybridized carbons (Fsp3) is 0.714. The quantitative estimate of drug-likeness (QED) is 0.783. The Morgan fingerprint density at radius 1 is 1.45 bits per heavy atom. The first kappa shape index (κ1) is 15.7. The van der Waals surface area contributed by atoms with Crippen LogP contribution in [0.15, 0.2) is 5.38 Å². The average molecular weight is 316 g/mol. The van der Waals surface area contributed by atoms with Gasteiger partial charge in [-0.05, 0) is 26.8 Å². The van der Waals surface area contributed by atoms with Crippen LogP contribution in [0.2, 0.25) is 0 Å². The lowest BCUT2D eigenvalue weighted by Crippen LogP contribution is -2.62. The lowest BCUT2D eigenvalue weighted by molar-refractivity contribution is -0.147. The number of hydrogen-bond donors (Lipinski definition) is 0. The number of piperazine rings is 1. The number of rotatable bonds is 5. The Labute approximate surface area is 129 Å². The Balaban J connectivity index is 1.86. The van der Waals surface area contributed by atoms with Crippen molar-refractivity contribution in [3.63, 3.8) is 0 Å². The lowest BCUT2D eigenvalue weighted by Gasteiger charge is -2.44. The van der Waals surface area contributed by atoms with Gasteiger partial charge in [-0.25, -0.2) is 4.98 Å². The van der Waals surface area contributed by atoms with Crippen molar-refractivity contribution in [1.29, 1.82) is 0 Å². The van der Waals surface area contributed by atoms with Gasteiger partial charge in [0.1, 0.15) is 0 Å². The Bertz CT molecular complexity index is 475. The van der Waals surface area contributed by atoms with Gasteiger partial charge in [0.05, 0.1) is 22.1 Å². The maximum atomic E-state index is 12.2. The summed E-state index contributed by atoms with van der Waals surface area (Å²) in [6, 6.07) is 0. The molecule has 1 aromatic heterocycles. The molecule has 0 bridgehead atoms. The summed E-state index contributed by atoms with van der Waals surface area (Å²) in [5, 5.41) is 3.16. The van der Waals surface area contributed by atoms with E-state index in [-0.39, 0.29) is 5.91 Å². The van der Waals surface area contributed by atoms with Crippen LogP contribution in [0.4, 0.5) is 0 Å². The SMILES string of the molecule is CN1CCN(CCCc2nc(CCl)cs2)C(C)(C)C1=O. The molecule has 0 radical (unpaired) electrons. The lowest BCUT2D eigenvalue weighted by atomic mass is 9.97. The molecule has 0 spiro atoms. The molecule has 6 heteroatoms. The standard InChI is InChI=1S/C14H22ClN3OS/c1-14(2)13(19)17(3)7-8-18(14)6-4-5-12-16-11(9-15)10-20-12/h10H,4-9H2,1-3H3. The minimum atomic E-state index is -0.392. The van der Waals surface area contributed by atoms with Crippen LogP contribution in [0.1, 0.15) is 31.0 Å². The maximum Gasteiger partial charge on any atom is 0.242 e. The van der Waals surface area contributed by atoms with Crippen LogP contribution < -0.4 is 0 Å². The number of aromatic nitrogens is 1. The van der Waals surface area contributed by atoms with E-state index in [0.29, 0.717) is 5.88 Å². The molecular weight excluding hydrogens is 294 g/mol. The topological polar surface area (TPSA) is 36.4 Å². The molecule has 1 aliphatic rings. The van der Waals surface area contributed by atoms with Crippen molar-refractivity contribution in [2.24, 2.45) is 0 Å². The number of halogens is 1. The van der Waals surface area contributed by atoms with E-state index < -0.39 is 5.54 Å². The van der Waals surface area contributed by atoms with Gasteiger partial charge >= 0.3 is 0 Å². The molecule has 4 nitrogen and oxygen atoms in total. The van der Waals surface area contributed by atoms with Gasteiger partial charge in [0.25, 0.3) is 0 Å².